The van der Waals surface area contributed by atoms with Crippen molar-refractivity contribution in [1.29, 1.82) is 0 Å². The van der Waals surface area contributed by atoms with Crippen LogP contribution in [0.25, 0.3) is 11.0 Å². The Labute approximate surface area is 212 Å². The summed E-state index contributed by atoms with van der Waals surface area (Å²) in [5.41, 5.74) is 7.31. The number of hydrogen-bond acceptors (Lipinski definition) is 5. The van der Waals surface area contributed by atoms with Crippen molar-refractivity contribution in [3.63, 3.8) is 0 Å². The molecule has 3 heterocycles. The first-order valence-electron chi connectivity index (χ1n) is 11.2. The summed E-state index contributed by atoms with van der Waals surface area (Å²) in [6, 6.07) is 9.27. The number of primary amides is 1. The molecule has 0 spiro atoms. The van der Waals surface area contributed by atoms with Gasteiger partial charge < -0.3 is 24.8 Å². The highest BCUT2D eigenvalue weighted by Gasteiger charge is 2.22. The van der Waals surface area contributed by atoms with Gasteiger partial charge in [0.2, 0.25) is 0 Å². The molecule has 0 saturated carbocycles. The maximum absolute atomic E-state index is 14.3. The Morgan fingerprint density at radius 2 is 2.08 bits per heavy atom. The van der Waals surface area contributed by atoms with E-state index in [1.807, 2.05) is 0 Å². The summed E-state index contributed by atoms with van der Waals surface area (Å²) in [5.74, 6) is 10.0. The van der Waals surface area contributed by atoms with Gasteiger partial charge in [-0.3, -0.25) is 9.59 Å². The average molecular weight is 499 g/mol. The molecular formula is C28H23FN4O4. The number of H-pyrrole nitrogens is 1. The molecule has 0 radical (unpaired) electrons. The minimum Gasteiger partial charge on any atom is -0.467 e. The van der Waals surface area contributed by atoms with Gasteiger partial charge in [0.25, 0.3) is 11.5 Å². The third-order valence-corrected chi connectivity index (χ3v) is 5.70. The lowest BCUT2D eigenvalue weighted by atomic mass is 9.88. The van der Waals surface area contributed by atoms with E-state index in [1.165, 1.54) is 36.1 Å². The van der Waals surface area contributed by atoms with Crippen LogP contribution < -0.4 is 16.0 Å². The van der Waals surface area contributed by atoms with Gasteiger partial charge in [0.05, 0.1) is 11.1 Å². The molecule has 0 fully saturated rings. The zero-order valence-electron chi connectivity index (χ0n) is 20.2. The zero-order chi connectivity index (χ0) is 26.4. The standard InChI is InChI=1S/C28H23FN4O4/c1-33-14-6-9-22(28(33)35)20(23-15-18(29)10-11-25(23)37-17-36-2)8-5-3-4-7-19-21-12-13-31-27(21)32-16-24(19)26(30)34/h6,9-16,20H,8,17H2,1-2H3,(H2,30,34)(H,31,32). The lowest BCUT2D eigenvalue weighted by molar-refractivity contribution is 0.0502. The monoisotopic (exact) mass is 498 g/mol. The number of nitrogens with zero attached hydrogens (tertiary/aromatic N) is 2. The van der Waals surface area contributed by atoms with Gasteiger partial charge in [0.1, 0.15) is 17.2 Å². The number of amides is 1. The van der Waals surface area contributed by atoms with E-state index in [0.29, 0.717) is 33.5 Å². The Morgan fingerprint density at radius 3 is 2.86 bits per heavy atom. The number of halogens is 1. The summed E-state index contributed by atoms with van der Waals surface area (Å²) in [7, 11) is 3.12. The second-order valence-corrected chi connectivity index (χ2v) is 8.07. The van der Waals surface area contributed by atoms with Gasteiger partial charge in [0, 0.05) is 61.6 Å². The van der Waals surface area contributed by atoms with Crippen molar-refractivity contribution < 1.29 is 18.7 Å². The third kappa shape index (κ3) is 5.53. The summed E-state index contributed by atoms with van der Waals surface area (Å²) < 4.78 is 26.4. The van der Waals surface area contributed by atoms with Gasteiger partial charge in [-0.1, -0.05) is 17.9 Å². The van der Waals surface area contributed by atoms with Crippen molar-refractivity contribution in [3.05, 3.63) is 93.4 Å². The topological polar surface area (TPSA) is 112 Å². The van der Waals surface area contributed by atoms with E-state index in [9.17, 15) is 14.0 Å². The van der Waals surface area contributed by atoms with Gasteiger partial charge in [-0.15, -0.1) is 0 Å². The second-order valence-electron chi connectivity index (χ2n) is 8.07. The predicted molar refractivity (Wildman–Crippen MR) is 136 cm³/mol. The summed E-state index contributed by atoms with van der Waals surface area (Å²) >= 11 is 0. The molecule has 0 saturated heterocycles. The molecule has 1 unspecified atom stereocenters. The molecule has 37 heavy (non-hydrogen) atoms. The number of pyridine rings is 2. The van der Waals surface area contributed by atoms with E-state index < -0.39 is 17.6 Å². The highest BCUT2D eigenvalue weighted by molar-refractivity contribution is 6.00. The average Bonchev–Trinajstić information content (AvgIpc) is 3.36. The summed E-state index contributed by atoms with van der Waals surface area (Å²) in [4.78, 5) is 31.9. The first-order chi connectivity index (χ1) is 17.9. The highest BCUT2D eigenvalue weighted by atomic mass is 19.1. The van der Waals surface area contributed by atoms with Gasteiger partial charge in [-0.25, -0.2) is 9.37 Å². The Hall–Kier alpha value is -4.86. The van der Waals surface area contributed by atoms with Crippen LogP contribution in [0.3, 0.4) is 0 Å². The predicted octanol–water partition coefficient (Wildman–Crippen LogP) is 3.06. The SMILES string of the molecule is COCOc1ccc(F)cc1C(CC#CC#Cc1c(C(N)=O)cnc2[nH]ccc12)c1cccn(C)c1=O. The van der Waals surface area contributed by atoms with Gasteiger partial charge >= 0.3 is 0 Å². The maximum Gasteiger partial charge on any atom is 0.254 e. The molecule has 3 aromatic heterocycles. The van der Waals surface area contributed by atoms with Crippen LogP contribution in [-0.2, 0) is 11.8 Å². The lowest BCUT2D eigenvalue weighted by Crippen LogP contribution is -2.23. The largest absolute Gasteiger partial charge is 0.467 e. The number of carbonyl (C=O) groups is 1. The van der Waals surface area contributed by atoms with Crippen molar-refractivity contribution in [3.8, 4) is 29.4 Å². The number of benzene rings is 1. The smallest absolute Gasteiger partial charge is 0.254 e. The molecule has 0 aliphatic rings. The molecule has 4 rings (SSSR count). The van der Waals surface area contributed by atoms with Crippen LogP contribution in [0.4, 0.5) is 4.39 Å². The number of aryl methyl sites for hydroxylation is 1. The van der Waals surface area contributed by atoms with Crippen molar-refractivity contribution in [1.82, 2.24) is 14.5 Å². The van der Waals surface area contributed by atoms with Crippen molar-refractivity contribution in [2.75, 3.05) is 13.9 Å². The number of aromatic nitrogens is 3. The fraction of sp³-hybridized carbons (Fsp3) is 0.179. The molecule has 0 aliphatic carbocycles. The first-order valence-corrected chi connectivity index (χ1v) is 11.2. The van der Waals surface area contributed by atoms with Crippen LogP contribution in [0.1, 0.15) is 39.4 Å². The van der Waals surface area contributed by atoms with Gasteiger partial charge in [-0.2, -0.15) is 0 Å². The second kappa shape index (κ2) is 11.3. The fourth-order valence-corrected chi connectivity index (χ4v) is 3.94. The van der Waals surface area contributed by atoms with Crippen LogP contribution in [0.15, 0.2) is 59.8 Å². The Balaban J connectivity index is 1.73. The minimum atomic E-state index is -0.650. The van der Waals surface area contributed by atoms with Gasteiger partial charge in [0.15, 0.2) is 6.79 Å². The Kier molecular flexibility index (Phi) is 7.68. The van der Waals surface area contributed by atoms with Crippen LogP contribution in [0, 0.1) is 29.5 Å². The van der Waals surface area contributed by atoms with E-state index >= 15 is 0 Å². The van der Waals surface area contributed by atoms with Crippen LogP contribution >= 0.6 is 0 Å². The van der Waals surface area contributed by atoms with E-state index in [0.717, 1.165) is 0 Å². The van der Waals surface area contributed by atoms with Crippen LogP contribution in [0.5, 0.6) is 5.75 Å². The zero-order valence-corrected chi connectivity index (χ0v) is 20.2. The number of hydrogen-bond donors (Lipinski definition) is 2. The number of fused-ring (bicyclic) bond motifs is 1. The molecule has 186 valence electrons. The van der Waals surface area contributed by atoms with Crippen molar-refractivity contribution in [2.45, 2.75) is 12.3 Å². The highest BCUT2D eigenvalue weighted by Crippen LogP contribution is 2.33. The maximum atomic E-state index is 14.3. The van der Waals surface area contributed by atoms with E-state index in [-0.39, 0.29) is 24.3 Å². The minimum absolute atomic E-state index is 0.0446. The van der Waals surface area contributed by atoms with Crippen molar-refractivity contribution in [2.24, 2.45) is 12.8 Å². The third-order valence-electron chi connectivity index (χ3n) is 5.70. The number of nitrogens with two attached hydrogens (primary N) is 1. The van der Waals surface area contributed by atoms with E-state index in [2.05, 4.69) is 33.6 Å². The number of nitrogens with one attached hydrogen (secondary N) is 1. The normalized spacial score (nSPS) is 11.2. The molecule has 0 bridgehead atoms. The summed E-state index contributed by atoms with van der Waals surface area (Å²) in [6.45, 7) is -0.0446. The molecule has 1 aromatic carbocycles. The first kappa shape index (κ1) is 25.2. The molecular weight excluding hydrogens is 475 g/mol. The van der Waals surface area contributed by atoms with Crippen molar-refractivity contribution >= 4 is 16.9 Å². The number of methoxy groups -OCH3 is 1. The molecule has 0 aliphatic heterocycles. The van der Waals surface area contributed by atoms with E-state index in [1.54, 1.807) is 37.6 Å². The summed E-state index contributed by atoms with van der Waals surface area (Å²) in [5, 5.41) is 0.649. The Bertz CT molecular complexity index is 1650. The molecule has 4 aromatic rings. The van der Waals surface area contributed by atoms with Crippen LogP contribution in [-0.4, -0.2) is 34.3 Å². The summed E-state index contributed by atoms with van der Waals surface area (Å²) in [6.07, 6.45) is 4.85. The molecule has 1 amide bonds. The fourth-order valence-electron chi connectivity index (χ4n) is 3.94. The number of carbonyl (C=O) groups excluding carboxylic acids is 1. The molecule has 8 nitrogen and oxygen atoms in total. The molecule has 3 N–H and O–H groups in total. The number of rotatable bonds is 7. The molecule has 9 heteroatoms. The number of aromatic amines is 1. The number of ether oxygens (including phenoxy) is 2. The quantitative estimate of drug-likeness (QED) is 0.301. The van der Waals surface area contributed by atoms with E-state index in [4.69, 9.17) is 15.2 Å². The van der Waals surface area contributed by atoms with Gasteiger partial charge in [-0.05, 0) is 42.2 Å². The van der Waals surface area contributed by atoms with Crippen LogP contribution in [0.2, 0.25) is 0 Å². The molecule has 1 atom stereocenters. The lowest BCUT2D eigenvalue weighted by Gasteiger charge is -2.19. The Morgan fingerprint density at radius 1 is 1.24 bits per heavy atom.